The first-order valence-electron chi connectivity index (χ1n) is 12.1. The lowest BCUT2D eigenvalue weighted by Gasteiger charge is -2.30. The van der Waals surface area contributed by atoms with Gasteiger partial charge in [-0.15, -0.1) is 0 Å². The molecule has 36 heavy (non-hydrogen) atoms. The molecule has 0 spiro atoms. The molecule has 3 amide bonds. The van der Waals surface area contributed by atoms with E-state index in [2.05, 4.69) is 35.8 Å². The Hall–Kier alpha value is -4.45. The maximum absolute atomic E-state index is 13.7. The minimum atomic E-state index is -0.698. The number of anilines is 2. The quantitative estimate of drug-likeness (QED) is 0.522. The van der Waals surface area contributed by atoms with Crippen LogP contribution >= 0.6 is 0 Å². The largest absolute Gasteiger partial charge is 0.373 e. The fourth-order valence-corrected chi connectivity index (χ4v) is 5.34. The molecule has 6 rings (SSSR count). The van der Waals surface area contributed by atoms with Crippen LogP contribution in [0.4, 0.5) is 11.4 Å². The van der Waals surface area contributed by atoms with Gasteiger partial charge in [0.1, 0.15) is 6.04 Å². The van der Waals surface area contributed by atoms with Crippen LogP contribution in [0.3, 0.4) is 0 Å². The number of nitrogens with one attached hydrogen (secondary N) is 2. The van der Waals surface area contributed by atoms with Crippen molar-refractivity contribution >= 4 is 45.4 Å². The number of piperidine rings is 1. The lowest BCUT2D eigenvalue weighted by atomic mass is 9.92. The fourth-order valence-electron chi connectivity index (χ4n) is 5.34. The van der Waals surface area contributed by atoms with E-state index in [4.69, 9.17) is 0 Å². The SMILES string of the molecule is CC1(Nc2ccccc2)C=CC=CC(c2cc3c4c(cccc4c2)N(C2CCC(=O)NC2=O)C3=O)=C1. The number of hydrogen-bond acceptors (Lipinski definition) is 4. The Bertz CT molecular complexity index is 1520. The predicted molar refractivity (Wildman–Crippen MR) is 142 cm³/mol. The normalized spacial score (nSPS) is 23.0. The number of imide groups is 1. The van der Waals surface area contributed by atoms with Gasteiger partial charge >= 0.3 is 0 Å². The van der Waals surface area contributed by atoms with E-state index in [1.807, 2.05) is 72.8 Å². The summed E-state index contributed by atoms with van der Waals surface area (Å²) in [5.41, 5.74) is 3.78. The van der Waals surface area contributed by atoms with Crippen molar-refractivity contribution in [3.63, 3.8) is 0 Å². The molecule has 2 unspecified atom stereocenters. The van der Waals surface area contributed by atoms with Gasteiger partial charge in [-0.2, -0.15) is 0 Å². The third-order valence-corrected chi connectivity index (χ3v) is 6.99. The van der Waals surface area contributed by atoms with Gasteiger partial charge in [-0.25, -0.2) is 0 Å². The van der Waals surface area contributed by atoms with Crippen molar-refractivity contribution in [1.29, 1.82) is 0 Å². The van der Waals surface area contributed by atoms with Crippen LogP contribution in [0, 0.1) is 0 Å². The van der Waals surface area contributed by atoms with Gasteiger partial charge in [0, 0.05) is 17.5 Å². The molecule has 1 fully saturated rings. The van der Waals surface area contributed by atoms with E-state index in [9.17, 15) is 14.4 Å². The number of carbonyl (C=O) groups excluding carboxylic acids is 3. The van der Waals surface area contributed by atoms with Gasteiger partial charge in [0.25, 0.3) is 5.91 Å². The molecule has 2 heterocycles. The van der Waals surface area contributed by atoms with Gasteiger partial charge in [0.05, 0.1) is 16.8 Å². The molecular formula is C30H25N3O3. The third-order valence-electron chi connectivity index (χ3n) is 6.99. The highest BCUT2D eigenvalue weighted by atomic mass is 16.2. The summed E-state index contributed by atoms with van der Waals surface area (Å²) >= 11 is 0. The van der Waals surface area contributed by atoms with E-state index in [0.717, 1.165) is 33.3 Å². The van der Waals surface area contributed by atoms with Crippen molar-refractivity contribution in [2.75, 3.05) is 10.2 Å². The van der Waals surface area contributed by atoms with Gasteiger partial charge in [-0.05, 0) is 66.3 Å². The van der Waals surface area contributed by atoms with E-state index in [0.29, 0.717) is 12.0 Å². The molecular weight excluding hydrogens is 450 g/mol. The van der Waals surface area contributed by atoms with Crippen molar-refractivity contribution in [1.82, 2.24) is 5.32 Å². The first kappa shape index (κ1) is 22.0. The molecule has 3 aliphatic rings. The Labute approximate surface area is 209 Å². The van der Waals surface area contributed by atoms with Crippen LogP contribution in [-0.2, 0) is 9.59 Å². The highest BCUT2D eigenvalue weighted by Gasteiger charge is 2.40. The van der Waals surface area contributed by atoms with Crippen molar-refractivity contribution in [3.05, 3.63) is 102 Å². The molecule has 0 saturated carbocycles. The lowest BCUT2D eigenvalue weighted by molar-refractivity contribution is -0.134. The number of rotatable bonds is 4. The van der Waals surface area contributed by atoms with Crippen LogP contribution in [0.15, 0.2) is 91.0 Å². The monoisotopic (exact) mass is 475 g/mol. The zero-order valence-electron chi connectivity index (χ0n) is 19.8. The first-order chi connectivity index (χ1) is 17.4. The molecule has 0 radical (unpaired) electrons. The molecule has 2 atom stereocenters. The van der Waals surface area contributed by atoms with Crippen LogP contribution in [0.5, 0.6) is 0 Å². The number of hydrogen-bond donors (Lipinski definition) is 2. The second-order valence-electron chi connectivity index (χ2n) is 9.63. The van der Waals surface area contributed by atoms with Crippen molar-refractivity contribution < 1.29 is 14.4 Å². The molecule has 6 nitrogen and oxygen atoms in total. The zero-order valence-corrected chi connectivity index (χ0v) is 19.8. The summed E-state index contributed by atoms with van der Waals surface area (Å²) in [7, 11) is 0. The molecule has 178 valence electrons. The Kier molecular flexibility index (Phi) is 5.11. The number of amides is 3. The second kappa shape index (κ2) is 8.34. The van der Waals surface area contributed by atoms with Crippen LogP contribution < -0.4 is 15.5 Å². The van der Waals surface area contributed by atoms with Gasteiger partial charge in [0.15, 0.2) is 0 Å². The maximum Gasteiger partial charge on any atom is 0.259 e. The Morgan fingerprint density at radius 2 is 1.83 bits per heavy atom. The summed E-state index contributed by atoms with van der Waals surface area (Å²) in [6.45, 7) is 2.11. The highest BCUT2D eigenvalue weighted by Crippen LogP contribution is 2.41. The standard InChI is InChI=1S/C30H25N3O3/c1-30(32-22-10-3-2-4-11-22)15-6-5-8-20(18-30)21-16-19-9-7-12-24-27(19)23(17-21)29(36)33(24)25-13-14-26(34)31-28(25)35/h2-12,15-18,25,32H,13-14H2,1H3,(H,31,34,35). The summed E-state index contributed by atoms with van der Waals surface area (Å²) < 4.78 is 0. The molecule has 2 N–H and O–H groups in total. The van der Waals surface area contributed by atoms with E-state index in [1.54, 1.807) is 4.90 Å². The topological polar surface area (TPSA) is 78.5 Å². The summed E-state index contributed by atoms with van der Waals surface area (Å²) in [5.74, 6) is -0.930. The summed E-state index contributed by atoms with van der Waals surface area (Å²) in [5, 5.41) is 7.75. The van der Waals surface area contributed by atoms with Gasteiger partial charge in [0.2, 0.25) is 11.8 Å². The summed E-state index contributed by atoms with van der Waals surface area (Å²) in [4.78, 5) is 39.5. The fraction of sp³-hybridized carbons (Fsp3) is 0.167. The van der Waals surface area contributed by atoms with E-state index in [-0.39, 0.29) is 18.2 Å². The number of nitrogens with zero attached hydrogens (tertiary/aromatic N) is 1. The van der Waals surface area contributed by atoms with Crippen LogP contribution in [-0.4, -0.2) is 29.3 Å². The number of carbonyl (C=O) groups is 3. The lowest BCUT2D eigenvalue weighted by Crippen LogP contribution is -2.53. The smallest absolute Gasteiger partial charge is 0.259 e. The van der Waals surface area contributed by atoms with Crippen molar-refractivity contribution in [3.8, 4) is 0 Å². The average molecular weight is 476 g/mol. The van der Waals surface area contributed by atoms with E-state index >= 15 is 0 Å². The molecule has 6 heteroatoms. The molecule has 1 saturated heterocycles. The molecule has 0 aromatic heterocycles. The minimum Gasteiger partial charge on any atom is -0.373 e. The Balaban J connectivity index is 1.41. The average Bonchev–Trinajstić information content (AvgIpc) is 3.01. The number of allylic oxidation sites excluding steroid dienone is 4. The van der Waals surface area contributed by atoms with Gasteiger partial charge < -0.3 is 5.32 Å². The summed E-state index contributed by atoms with van der Waals surface area (Å²) in [6, 6.07) is 19.1. The zero-order chi connectivity index (χ0) is 24.9. The molecule has 3 aromatic carbocycles. The van der Waals surface area contributed by atoms with Crippen LogP contribution in [0.2, 0.25) is 0 Å². The van der Waals surface area contributed by atoms with Gasteiger partial charge in [-0.3, -0.25) is 24.6 Å². The minimum absolute atomic E-state index is 0.209. The number of benzene rings is 3. The van der Waals surface area contributed by atoms with Crippen molar-refractivity contribution in [2.24, 2.45) is 0 Å². The third kappa shape index (κ3) is 3.71. The van der Waals surface area contributed by atoms with Crippen molar-refractivity contribution in [2.45, 2.75) is 31.3 Å². The molecule has 3 aromatic rings. The molecule has 2 aliphatic heterocycles. The highest BCUT2D eigenvalue weighted by molar-refractivity contribution is 6.27. The van der Waals surface area contributed by atoms with Crippen LogP contribution in [0.1, 0.15) is 35.7 Å². The first-order valence-corrected chi connectivity index (χ1v) is 12.1. The molecule has 1 aliphatic carbocycles. The molecule has 0 bridgehead atoms. The second-order valence-corrected chi connectivity index (χ2v) is 9.63. The van der Waals surface area contributed by atoms with E-state index in [1.165, 1.54) is 0 Å². The van der Waals surface area contributed by atoms with E-state index < -0.39 is 17.5 Å². The summed E-state index contributed by atoms with van der Waals surface area (Å²) in [6.07, 6.45) is 10.9. The van der Waals surface area contributed by atoms with Gasteiger partial charge in [-0.1, -0.05) is 54.6 Å². The Morgan fingerprint density at radius 3 is 2.64 bits per heavy atom. The Morgan fingerprint density at radius 1 is 1.00 bits per heavy atom. The maximum atomic E-state index is 13.7. The number of para-hydroxylation sites is 1. The van der Waals surface area contributed by atoms with Crippen LogP contribution in [0.25, 0.3) is 16.3 Å². The predicted octanol–water partition coefficient (Wildman–Crippen LogP) is 4.99.